The second-order valence-corrected chi connectivity index (χ2v) is 5.71. The molecule has 1 fully saturated rings. The van der Waals surface area contributed by atoms with Crippen molar-refractivity contribution in [3.63, 3.8) is 0 Å². The molecule has 2 aliphatic heterocycles. The fourth-order valence-electron chi connectivity index (χ4n) is 3.22. The lowest BCUT2D eigenvalue weighted by Gasteiger charge is -2.41. The van der Waals surface area contributed by atoms with Gasteiger partial charge in [-0.25, -0.2) is 0 Å². The molecule has 0 bridgehead atoms. The molecule has 3 atom stereocenters. The molecule has 2 aliphatic rings. The van der Waals surface area contributed by atoms with Gasteiger partial charge in [-0.2, -0.15) is 0 Å². The van der Waals surface area contributed by atoms with E-state index in [4.69, 9.17) is 9.47 Å². The van der Waals surface area contributed by atoms with Crippen molar-refractivity contribution >= 4 is 5.91 Å². The summed E-state index contributed by atoms with van der Waals surface area (Å²) in [5, 5.41) is 0. The monoisotopic (exact) mass is 275 g/mol. The summed E-state index contributed by atoms with van der Waals surface area (Å²) in [4.78, 5) is 14.9. The summed E-state index contributed by atoms with van der Waals surface area (Å²) in [6.07, 6.45) is 0.757. The molecule has 108 valence electrons. The fraction of sp³-hybridized carbons (Fsp3) is 0.562. The standard InChI is InChI=1S/C16H21NO3/c1-11-9-19-10-12(2)17(11)16(18)14-7-8-20-15-6-4-3-5-13(14)15/h3-6,11-12,14H,7-10H2,1-2H3. The third kappa shape index (κ3) is 2.29. The molecule has 4 nitrogen and oxygen atoms in total. The normalized spacial score (nSPS) is 29.5. The van der Waals surface area contributed by atoms with E-state index < -0.39 is 0 Å². The molecular weight excluding hydrogens is 254 g/mol. The number of carbonyl (C=O) groups is 1. The van der Waals surface area contributed by atoms with Gasteiger partial charge in [-0.15, -0.1) is 0 Å². The molecule has 0 saturated carbocycles. The lowest BCUT2D eigenvalue weighted by molar-refractivity contribution is -0.146. The van der Waals surface area contributed by atoms with E-state index in [9.17, 15) is 4.79 Å². The zero-order valence-electron chi connectivity index (χ0n) is 12.0. The van der Waals surface area contributed by atoms with Crippen molar-refractivity contribution in [3.05, 3.63) is 29.8 Å². The highest BCUT2D eigenvalue weighted by Crippen LogP contribution is 2.35. The lowest BCUT2D eigenvalue weighted by atomic mass is 9.90. The highest BCUT2D eigenvalue weighted by molar-refractivity contribution is 5.85. The van der Waals surface area contributed by atoms with Crippen LogP contribution in [0.15, 0.2) is 24.3 Å². The second-order valence-electron chi connectivity index (χ2n) is 5.71. The van der Waals surface area contributed by atoms with Crippen LogP contribution in [0.25, 0.3) is 0 Å². The van der Waals surface area contributed by atoms with Crippen molar-refractivity contribution in [2.75, 3.05) is 19.8 Å². The van der Waals surface area contributed by atoms with Gasteiger partial charge in [0.2, 0.25) is 5.91 Å². The van der Waals surface area contributed by atoms with Crippen LogP contribution in [0, 0.1) is 0 Å². The van der Waals surface area contributed by atoms with E-state index in [1.54, 1.807) is 0 Å². The first-order valence-corrected chi connectivity index (χ1v) is 7.30. The molecule has 1 aromatic rings. The number of morpholine rings is 1. The summed E-state index contributed by atoms with van der Waals surface area (Å²) >= 11 is 0. The van der Waals surface area contributed by atoms with Gasteiger partial charge in [-0.3, -0.25) is 4.79 Å². The van der Waals surface area contributed by atoms with Crippen LogP contribution in [0.1, 0.15) is 31.7 Å². The number of amides is 1. The van der Waals surface area contributed by atoms with Gasteiger partial charge in [0.05, 0.1) is 37.8 Å². The Morgan fingerprint density at radius 3 is 2.65 bits per heavy atom. The van der Waals surface area contributed by atoms with E-state index in [0.717, 1.165) is 17.7 Å². The quantitative estimate of drug-likeness (QED) is 0.788. The maximum absolute atomic E-state index is 13.0. The van der Waals surface area contributed by atoms with Gasteiger partial charge in [0, 0.05) is 5.56 Å². The minimum Gasteiger partial charge on any atom is -0.493 e. The first kappa shape index (κ1) is 13.4. The van der Waals surface area contributed by atoms with E-state index in [1.807, 2.05) is 29.2 Å². The van der Waals surface area contributed by atoms with Crippen LogP contribution in [0.3, 0.4) is 0 Å². The van der Waals surface area contributed by atoms with Crippen molar-refractivity contribution in [2.24, 2.45) is 0 Å². The van der Waals surface area contributed by atoms with Gasteiger partial charge in [0.25, 0.3) is 0 Å². The highest BCUT2D eigenvalue weighted by Gasteiger charge is 2.36. The molecule has 0 aromatic heterocycles. The zero-order valence-corrected chi connectivity index (χ0v) is 12.0. The SMILES string of the molecule is CC1COCC(C)N1C(=O)C1CCOc2ccccc21. The van der Waals surface area contributed by atoms with Crippen molar-refractivity contribution in [1.82, 2.24) is 4.90 Å². The summed E-state index contributed by atoms with van der Waals surface area (Å²) in [7, 11) is 0. The Bertz CT molecular complexity index is 492. The maximum atomic E-state index is 13.0. The average molecular weight is 275 g/mol. The molecule has 3 rings (SSSR count). The van der Waals surface area contributed by atoms with E-state index >= 15 is 0 Å². The molecule has 3 unspecified atom stereocenters. The van der Waals surface area contributed by atoms with Gasteiger partial charge < -0.3 is 14.4 Å². The highest BCUT2D eigenvalue weighted by atomic mass is 16.5. The lowest BCUT2D eigenvalue weighted by Crippen LogP contribution is -2.54. The Labute approximate surface area is 119 Å². The number of benzene rings is 1. The van der Waals surface area contributed by atoms with Crippen LogP contribution in [0.2, 0.25) is 0 Å². The molecular formula is C16H21NO3. The predicted molar refractivity (Wildman–Crippen MR) is 75.9 cm³/mol. The Morgan fingerprint density at radius 1 is 1.20 bits per heavy atom. The van der Waals surface area contributed by atoms with Gasteiger partial charge in [-0.1, -0.05) is 18.2 Å². The molecule has 0 radical (unpaired) electrons. The largest absolute Gasteiger partial charge is 0.493 e. The van der Waals surface area contributed by atoms with Crippen LogP contribution in [0.5, 0.6) is 5.75 Å². The van der Waals surface area contributed by atoms with E-state index in [1.165, 1.54) is 0 Å². The average Bonchev–Trinajstić information content (AvgIpc) is 2.46. The molecule has 2 heterocycles. The topological polar surface area (TPSA) is 38.8 Å². The van der Waals surface area contributed by atoms with Crippen molar-refractivity contribution < 1.29 is 14.3 Å². The van der Waals surface area contributed by atoms with Crippen LogP contribution in [-0.4, -0.2) is 42.7 Å². The van der Waals surface area contributed by atoms with Crippen molar-refractivity contribution in [1.29, 1.82) is 0 Å². The number of fused-ring (bicyclic) bond motifs is 1. The van der Waals surface area contributed by atoms with Gasteiger partial charge >= 0.3 is 0 Å². The minimum atomic E-state index is -0.0806. The van der Waals surface area contributed by atoms with Gasteiger partial charge in [0.15, 0.2) is 0 Å². The molecule has 4 heteroatoms. The maximum Gasteiger partial charge on any atom is 0.231 e. The number of carbonyl (C=O) groups excluding carboxylic acids is 1. The molecule has 0 N–H and O–H groups in total. The summed E-state index contributed by atoms with van der Waals surface area (Å²) in [5.74, 6) is 0.984. The van der Waals surface area contributed by atoms with Crippen LogP contribution < -0.4 is 4.74 Å². The Morgan fingerprint density at radius 2 is 1.90 bits per heavy atom. The van der Waals surface area contributed by atoms with Crippen LogP contribution in [-0.2, 0) is 9.53 Å². The number of hydrogen-bond acceptors (Lipinski definition) is 3. The molecule has 0 aliphatic carbocycles. The Hall–Kier alpha value is -1.55. The van der Waals surface area contributed by atoms with E-state index in [0.29, 0.717) is 19.8 Å². The summed E-state index contributed by atoms with van der Waals surface area (Å²) in [5.41, 5.74) is 1.02. The van der Waals surface area contributed by atoms with Crippen LogP contribution >= 0.6 is 0 Å². The molecule has 1 saturated heterocycles. The molecule has 0 spiro atoms. The molecule has 1 amide bonds. The predicted octanol–water partition coefficient (Wildman–Crippen LogP) is 2.19. The minimum absolute atomic E-state index is 0.0806. The zero-order chi connectivity index (χ0) is 14.1. The van der Waals surface area contributed by atoms with Crippen molar-refractivity contribution in [2.45, 2.75) is 38.3 Å². The smallest absolute Gasteiger partial charge is 0.231 e. The number of ether oxygens (including phenoxy) is 2. The van der Waals surface area contributed by atoms with Gasteiger partial charge in [-0.05, 0) is 26.3 Å². The Balaban J connectivity index is 1.88. The summed E-state index contributed by atoms with van der Waals surface area (Å²) in [6, 6.07) is 8.15. The summed E-state index contributed by atoms with van der Waals surface area (Å²) in [6.45, 7) is 5.97. The third-order valence-electron chi connectivity index (χ3n) is 4.18. The fourth-order valence-corrected chi connectivity index (χ4v) is 3.22. The van der Waals surface area contributed by atoms with E-state index in [2.05, 4.69) is 13.8 Å². The van der Waals surface area contributed by atoms with Gasteiger partial charge in [0.1, 0.15) is 5.75 Å². The summed E-state index contributed by atoms with van der Waals surface area (Å²) < 4.78 is 11.2. The molecule has 1 aromatic carbocycles. The first-order chi connectivity index (χ1) is 9.68. The third-order valence-corrected chi connectivity index (χ3v) is 4.18. The van der Waals surface area contributed by atoms with Crippen LogP contribution in [0.4, 0.5) is 0 Å². The second kappa shape index (κ2) is 5.44. The molecule has 20 heavy (non-hydrogen) atoms. The van der Waals surface area contributed by atoms with Crippen molar-refractivity contribution in [3.8, 4) is 5.75 Å². The number of hydrogen-bond donors (Lipinski definition) is 0. The first-order valence-electron chi connectivity index (χ1n) is 7.30. The Kier molecular flexibility index (Phi) is 3.66. The van der Waals surface area contributed by atoms with E-state index in [-0.39, 0.29) is 23.9 Å². The number of para-hydroxylation sites is 1. The number of rotatable bonds is 1. The number of nitrogens with zero attached hydrogens (tertiary/aromatic N) is 1.